The van der Waals surface area contributed by atoms with E-state index >= 15 is 0 Å². The van der Waals surface area contributed by atoms with E-state index in [2.05, 4.69) is 29.6 Å². The first-order valence-corrected chi connectivity index (χ1v) is 9.01. The Kier molecular flexibility index (Phi) is 5.84. The van der Waals surface area contributed by atoms with Crippen LogP contribution in [0.25, 0.3) is 6.08 Å². The van der Waals surface area contributed by atoms with Gasteiger partial charge < -0.3 is 10.2 Å². The Morgan fingerprint density at radius 1 is 1.00 bits per heavy atom. The Morgan fingerprint density at radius 3 is 2.27 bits per heavy atom. The molecule has 1 aliphatic rings. The number of piperidine rings is 1. The number of anilines is 1. The van der Waals surface area contributed by atoms with E-state index in [9.17, 15) is 9.59 Å². The Hall–Kier alpha value is -2.88. The third kappa shape index (κ3) is 4.82. The van der Waals surface area contributed by atoms with Crippen LogP contribution in [0.1, 0.15) is 36.8 Å². The van der Waals surface area contributed by atoms with Crippen LogP contribution in [-0.2, 0) is 9.59 Å². The summed E-state index contributed by atoms with van der Waals surface area (Å²) < 4.78 is 0. The molecule has 0 unspecified atom stereocenters. The zero-order valence-electron chi connectivity index (χ0n) is 15.0. The number of nitrogens with zero attached hydrogens (tertiary/aromatic N) is 1. The number of benzene rings is 2. The average Bonchev–Trinajstić information content (AvgIpc) is 2.67. The summed E-state index contributed by atoms with van der Waals surface area (Å²) in [5.41, 5.74) is 3.06. The molecule has 0 aliphatic carbocycles. The second-order valence-electron chi connectivity index (χ2n) is 6.65. The molecule has 0 saturated carbocycles. The minimum atomic E-state index is -0.0950. The Labute approximate surface area is 154 Å². The minimum absolute atomic E-state index is 0.0578. The second kappa shape index (κ2) is 8.48. The average molecular weight is 348 g/mol. The summed E-state index contributed by atoms with van der Waals surface area (Å²) in [5, 5.41) is 2.73. The van der Waals surface area contributed by atoms with Gasteiger partial charge in [-0.2, -0.15) is 0 Å². The molecule has 1 N–H and O–H groups in total. The van der Waals surface area contributed by atoms with Crippen molar-refractivity contribution in [3.05, 3.63) is 71.8 Å². The molecule has 26 heavy (non-hydrogen) atoms. The predicted octanol–water partition coefficient (Wildman–Crippen LogP) is 4.06. The monoisotopic (exact) mass is 348 g/mol. The molecule has 1 aliphatic heterocycles. The van der Waals surface area contributed by atoms with Crippen molar-refractivity contribution in [3.63, 3.8) is 0 Å². The van der Waals surface area contributed by atoms with Gasteiger partial charge in [0.2, 0.25) is 11.8 Å². The molecule has 2 amide bonds. The van der Waals surface area contributed by atoms with E-state index in [4.69, 9.17) is 0 Å². The zero-order chi connectivity index (χ0) is 18.4. The van der Waals surface area contributed by atoms with Crippen molar-refractivity contribution >= 4 is 23.6 Å². The van der Waals surface area contributed by atoms with Gasteiger partial charge in [0.15, 0.2) is 0 Å². The molecule has 0 bridgehead atoms. The number of hydrogen-bond acceptors (Lipinski definition) is 2. The van der Waals surface area contributed by atoms with E-state index in [0.29, 0.717) is 5.92 Å². The van der Waals surface area contributed by atoms with Crippen LogP contribution in [0.2, 0.25) is 0 Å². The molecule has 1 heterocycles. The van der Waals surface area contributed by atoms with Crippen molar-refractivity contribution in [3.8, 4) is 0 Å². The van der Waals surface area contributed by atoms with Crippen molar-refractivity contribution in [1.82, 2.24) is 4.90 Å². The van der Waals surface area contributed by atoms with E-state index in [0.717, 1.165) is 37.2 Å². The first kappa shape index (κ1) is 17.9. The Balaban J connectivity index is 1.52. The van der Waals surface area contributed by atoms with Gasteiger partial charge in [-0.15, -0.1) is 0 Å². The van der Waals surface area contributed by atoms with Crippen LogP contribution in [0.15, 0.2) is 60.7 Å². The molecule has 1 fully saturated rings. The van der Waals surface area contributed by atoms with E-state index < -0.39 is 0 Å². The molecule has 2 aromatic rings. The fraction of sp³-hybridized carbons (Fsp3) is 0.273. The van der Waals surface area contributed by atoms with Gasteiger partial charge in [0, 0.05) is 31.8 Å². The summed E-state index contributed by atoms with van der Waals surface area (Å²) in [6.45, 7) is 3.07. The van der Waals surface area contributed by atoms with Crippen LogP contribution in [0.4, 0.5) is 5.69 Å². The number of hydrogen-bond donors (Lipinski definition) is 1. The fourth-order valence-electron chi connectivity index (χ4n) is 3.31. The van der Waals surface area contributed by atoms with Crippen LogP contribution in [0, 0.1) is 0 Å². The smallest absolute Gasteiger partial charge is 0.246 e. The summed E-state index contributed by atoms with van der Waals surface area (Å²) >= 11 is 0. The molecule has 0 atom stereocenters. The highest BCUT2D eigenvalue weighted by Crippen LogP contribution is 2.27. The van der Waals surface area contributed by atoms with Crippen LogP contribution in [-0.4, -0.2) is 29.8 Å². The molecular formula is C22H24N2O2. The highest BCUT2D eigenvalue weighted by Gasteiger charge is 2.22. The topological polar surface area (TPSA) is 49.4 Å². The van der Waals surface area contributed by atoms with E-state index in [1.807, 2.05) is 41.3 Å². The fourth-order valence-corrected chi connectivity index (χ4v) is 3.31. The van der Waals surface area contributed by atoms with Gasteiger partial charge in [-0.25, -0.2) is 0 Å². The lowest BCUT2D eigenvalue weighted by atomic mass is 9.89. The second-order valence-corrected chi connectivity index (χ2v) is 6.65. The molecule has 0 spiro atoms. The number of amides is 2. The lowest BCUT2D eigenvalue weighted by Crippen LogP contribution is -2.36. The molecule has 3 rings (SSSR count). The van der Waals surface area contributed by atoms with Gasteiger partial charge >= 0.3 is 0 Å². The van der Waals surface area contributed by atoms with E-state index in [-0.39, 0.29) is 11.8 Å². The Bertz CT molecular complexity index is 774. The maximum absolute atomic E-state index is 12.4. The highest BCUT2D eigenvalue weighted by molar-refractivity contribution is 5.92. The quantitative estimate of drug-likeness (QED) is 0.847. The summed E-state index contributed by atoms with van der Waals surface area (Å²) in [4.78, 5) is 25.4. The highest BCUT2D eigenvalue weighted by atomic mass is 16.2. The molecule has 134 valence electrons. The molecule has 2 aromatic carbocycles. The van der Waals surface area contributed by atoms with Crippen molar-refractivity contribution in [2.75, 3.05) is 18.4 Å². The largest absolute Gasteiger partial charge is 0.339 e. The van der Waals surface area contributed by atoms with Crippen molar-refractivity contribution in [2.45, 2.75) is 25.7 Å². The SMILES string of the molecule is CC(=O)Nc1ccc(/C=C/C(=O)N2CCC(c3ccccc3)CC2)cc1. The van der Waals surface area contributed by atoms with Crippen molar-refractivity contribution < 1.29 is 9.59 Å². The minimum Gasteiger partial charge on any atom is -0.339 e. The number of likely N-dealkylation sites (tertiary alicyclic amines) is 1. The third-order valence-corrected chi connectivity index (χ3v) is 4.73. The van der Waals surface area contributed by atoms with Gasteiger partial charge in [-0.3, -0.25) is 9.59 Å². The van der Waals surface area contributed by atoms with Gasteiger partial charge in [-0.1, -0.05) is 42.5 Å². The summed E-state index contributed by atoms with van der Waals surface area (Å²) in [7, 11) is 0. The first-order chi connectivity index (χ1) is 12.6. The molecule has 0 radical (unpaired) electrons. The predicted molar refractivity (Wildman–Crippen MR) is 105 cm³/mol. The normalized spacial score (nSPS) is 15.2. The number of carbonyl (C=O) groups excluding carboxylic acids is 2. The van der Waals surface area contributed by atoms with E-state index in [1.54, 1.807) is 6.08 Å². The Morgan fingerprint density at radius 2 is 1.65 bits per heavy atom. The maximum atomic E-state index is 12.4. The standard InChI is InChI=1S/C22H24N2O2/c1-17(25)23-21-10-7-18(8-11-21)9-12-22(26)24-15-13-20(14-16-24)19-5-3-2-4-6-19/h2-12,20H,13-16H2,1H3,(H,23,25)/b12-9+. The number of carbonyl (C=O) groups is 2. The van der Waals surface area contributed by atoms with Crippen LogP contribution >= 0.6 is 0 Å². The van der Waals surface area contributed by atoms with Gasteiger partial charge in [0.1, 0.15) is 0 Å². The summed E-state index contributed by atoms with van der Waals surface area (Å²) in [5.74, 6) is 0.510. The maximum Gasteiger partial charge on any atom is 0.246 e. The first-order valence-electron chi connectivity index (χ1n) is 9.01. The lowest BCUT2D eigenvalue weighted by Gasteiger charge is -2.31. The summed E-state index contributed by atoms with van der Waals surface area (Å²) in [6.07, 6.45) is 5.48. The van der Waals surface area contributed by atoms with Crippen molar-refractivity contribution in [1.29, 1.82) is 0 Å². The molecule has 0 aromatic heterocycles. The van der Waals surface area contributed by atoms with Crippen LogP contribution < -0.4 is 5.32 Å². The van der Waals surface area contributed by atoms with Gasteiger partial charge in [0.05, 0.1) is 0 Å². The van der Waals surface area contributed by atoms with Crippen molar-refractivity contribution in [2.24, 2.45) is 0 Å². The summed E-state index contributed by atoms with van der Waals surface area (Å²) in [6, 6.07) is 18.0. The van der Waals surface area contributed by atoms with Gasteiger partial charge in [0.25, 0.3) is 0 Å². The van der Waals surface area contributed by atoms with Gasteiger partial charge in [-0.05, 0) is 48.1 Å². The van der Waals surface area contributed by atoms with Crippen LogP contribution in [0.5, 0.6) is 0 Å². The molecule has 4 nitrogen and oxygen atoms in total. The number of rotatable bonds is 4. The van der Waals surface area contributed by atoms with Crippen LogP contribution in [0.3, 0.4) is 0 Å². The molecule has 1 saturated heterocycles. The zero-order valence-corrected chi connectivity index (χ0v) is 15.0. The van der Waals surface area contributed by atoms with E-state index in [1.165, 1.54) is 12.5 Å². The third-order valence-electron chi connectivity index (χ3n) is 4.73. The molecule has 4 heteroatoms. The molecular weight excluding hydrogens is 324 g/mol. The number of nitrogens with one attached hydrogen (secondary N) is 1. The lowest BCUT2D eigenvalue weighted by molar-refractivity contribution is -0.127.